The minimum atomic E-state index is -0.271. The molecular weight excluding hydrogens is 192 g/mol. The van der Waals surface area contributed by atoms with Crippen LogP contribution in [0.1, 0.15) is 19.2 Å². The Morgan fingerprint density at radius 3 is 3.00 bits per heavy atom. The number of primary amides is 1. The van der Waals surface area contributed by atoms with Gasteiger partial charge in [0.05, 0.1) is 0 Å². The molecule has 5 heteroatoms. The second kappa shape index (κ2) is 5.50. The molecule has 0 radical (unpaired) electrons. The van der Waals surface area contributed by atoms with Gasteiger partial charge in [-0.05, 0) is 6.92 Å². The van der Waals surface area contributed by atoms with E-state index in [2.05, 4.69) is 10.3 Å². The minimum absolute atomic E-state index is 0.128. The van der Waals surface area contributed by atoms with Gasteiger partial charge in [-0.3, -0.25) is 4.79 Å². The maximum atomic E-state index is 10.6. The number of imidazole rings is 1. The third kappa shape index (κ3) is 4.12. The Kier molecular flexibility index (Phi) is 4.30. The van der Waals surface area contributed by atoms with Crippen molar-refractivity contribution in [2.24, 2.45) is 12.8 Å². The van der Waals surface area contributed by atoms with Crippen LogP contribution in [0.4, 0.5) is 0 Å². The summed E-state index contributed by atoms with van der Waals surface area (Å²) in [5.74, 6) is 0.765. The van der Waals surface area contributed by atoms with Gasteiger partial charge in [-0.2, -0.15) is 0 Å². The number of nitrogens with one attached hydrogen (secondary N) is 1. The Bertz CT molecular complexity index is 321. The predicted molar refractivity (Wildman–Crippen MR) is 58.2 cm³/mol. The zero-order valence-electron chi connectivity index (χ0n) is 9.23. The molecule has 15 heavy (non-hydrogen) atoms. The fraction of sp³-hybridized carbons (Fsp3) is 0.600. The first-order chi connectivity index (χ1) is 7.09. The van der Waals surface area contributed by atoms with Crippen molar-refractivity contribution in [1.82, 2.24) is 14.9 Å². The molecule has 0 aliphatic rings. The smallest absolute Gasteiger partial charge is 0.218 e. The molecule has 1 atom stereocenters. The van der Waals surface area contributed by atoms with Crippen molar-refractivity contribution in [1.29, 1.82) is 0 Å². The maximum absolute atomic E-state index is 10.6. The lowest BCUT2D eigenvalue weighted by molar-refractivity contribution is -0.118. The number of aryl methyl sites for hydroxylation is 1. The van der Waals surface area contributed by atoms with Crippen LogP contribution in [0.2, 0.25) is 0 Å². The summed E-state index contributed by atoms with van der Waals surface area (Å²) in [5, 5.41) is 3.23. The van der Waals surface area contributed by atoms with E-state index in [1.807, 2.05) is 24.7 Å². The second-order valence-corrected chi connectivity index (χ2v) is 3.73. The standard InChI is InChI=1S/C10H18N4O/c1-8(7-9(11)15)12-4-3-10-13-5-6-14(10)2/h5-6,8,12H,3-4,7H2,1-2H3,(H2,11,15). The van der Waals surface area contributed by atoms with Crippen LogP contribution in [0.5, 0.6) is 0 Å². The lowest BCUT2D eigenvalue weighted by Gasteiger charge is -2.11. The molecule has 84 valence electrons. The van der Waals surface area contributed by atoms with Crippen LogP contribution in [0, 0.1) is 0 Å². The lowest BCUT2D eigenvalue weighted by atomic mass is 10.2. The van der Waals surface area contributed by atoms with Gasteiger partial charge in [0, 0.05) is 44.9 Å². The number of nitrogens with two attached hydrogens (primary N) is 1. The lowest BCUT2D eigenvalue weighted by Crippen LogP contribution is -2.32. The number of hydrogen-bond acceptors (Lipinski definition) is 3. The number of carbonyl (C=O) groups is 1. The van der Waals surface area contributed by atoms with E-state index in [0.717, 1.165) is 18.8 Å². The molecule has 0 saturated heterocycles. The first kappa shape index (κ1) is 11.7. The van der Waals surface area contributed by atoms with Crippen LogP contribution in [0.3, 0.4) is 0 Å². The summed E-state index contributed by atoms with van der Waals surface area (Å²) >= 11 is 0. The summed E-state index contributed by atoms with van der Waals surface area (Å²) in [6.07, 6.45) is 4.93. The number of aromatic nitrogens is 2. The van der Waals surface area contributed by atoms with E-state index in [1.54, 1.807) is 6.20 Å². The van der Waals surface area contributed by atoms with Crippen molar-refractivity contribution in [3.05, 3.63) is 18.2 Å². The topological polar surface area (TPSA) is 72.9 Å². The van der Waals surface area contributed by atoms with Crippen molar-refractivity contribution < 1.29 is 4.79 Å². The van der Waals surface area contributed by atoms with Gasteiger partial charge in [0.2, 0.25) is 5.91 Å². The fourth-order valence-electron chi connectivity index (χ4n) is 1.44. The third-order valence-electron chi connectivity index (χ3n) is 2.27. The highest BCUT2D eigenvalue weighted by Crippen LogP contribution is 1.95. The Morgan fingerprint density at radius 2 is 2.47 bits per heavy atom. The van der Waals surface area contributed by atoms with Crippen LogP contribution < -0.4 is 11.1 Å². The van der Waals surface area contributed by atoms with Crippen molar-refractivity contribution in [2.45, 2.75) is 25.8 Å². The molecule has 3 N–H and O–H groups in total. The summed E-state index contributed by atoms with van der Waals surface area (Å²) in [7, 11) is 1.97. The third-order valence-corrected chi connectivity index (χ3v) is 2.27. The largest absolute Gasteiger partial charge is 0.370 e. The molecule has 5 nitrogen and oxygen atoms in total. The Hall–Kier alpha value is -1.36. The van der Waals surface area contributed by atoms with Gasteiger partial charge in [0.15, 0.2) is 0 Å². The van der Waals surface area contributed by atoms with Crippen LogP contribution in [-0.4, -0.2) is 28.0 Å². The Labute approximate surface area is 89.7 Å². The average molecular weight is 210 g/mol. The molecule has 1 unspecified atom stereocenters. The van der Waals surface area contributed by atoms with Crippen molar-refractivity contribution in [3.63, 3.8) is 0 Å². The van der Waals surface area contributed by atoms with Gasteiger partial charge in [0.25, 0.3) is 0 Å². The fourth-order valence-corrected chi connectivity index (χ4v) is 1.44. The highest BCUT2D eigenvalue weighted by molar-refractivity contribution is 5.74. The Balaban J connectivity index is 2.22. The number of nitrogens with zero attached hydrogens (tertiary/aromatic N) is 2. The molecule has 1 heterocycles. The summed E-state index contributed by atoms with van der Waals surface area (Å²) < 4.78 is 1.99. The zero-order chi connectivity index (χ0) is 11.3. The molecule has 1 amide bonds. The predicted octanol–water partition coefficient (Wildman–Crippen LogP) is -0.184. The summed E-state index contributed by atoms with van der Waals surface area (Å²) in [5.41, 5.74) is 5.09. The molecular formula is C10H18N4O. The van der Waals surface area contributed by atoms with Crippen LogP contribution >= 0.6 is 0 Å². The number of hydrogen-bond donors (Lipinski definition) is 2. The SMILES string of the molecule is CC(CC(N)=O)NCCc1nccn1C. The van der Waals surface area contributed by atoms with E-state index in [1.165, 1.54) is 0 Å². The van der Waals surface area contributed by atoms with Crippen LogP contribution in [0.15, 0.2) is 12.4 Å². The van der Waals surface area contributed by atoms with E-state index < -0.39 is 0 Å². The first-order valence-electron chi connectivity index (χ1n) is 5.07. The van der Waals surface area contributed by atoms with Gasteiger partial charge in [-0.25, -0.2) is 4.98 Å². The zero-order valence-corrected chi connectivity index (χ0v) is 9.23. The summed E-state index contributed by atoms with van der Waals surface area (Å²) in [6.45, 7) is 2.75. The van der Waals surface area contributed by atoms with Crippen LogP contribution in [0.25, 0.3) is 0 Å². The molecule has 0 aliphatic heterocycles. The summed E-state index contributed by atoms with van der Waals surface area (Å²) in [6, 6.07) is 0.128. The molecule has 0 aliphatic carbocycles. The molecule has 0 saturated carbocycles. The molecule has 0 fully saturated rings. The van der Waals surface area contributed by atoms with Gasteiger partial charge in [-0.15, -0.1) is 0 Å². The van der Waals surface area contributed by atoms with Gasteiger partial charge in [0.1, 0.15) is 5.82 Å². The molecule has 0 bridgehead atoms. The van der Waals surface area contributed by atoms with E-state index in [0.29, 0.717) is 6.42 Å². The van der Waals surface area contributed by atoms with E-state index in [9.17, 15) is 4.79 Å². The monoisotopic (exact) mass is 210 g/mol. The van der Waals surface area contributed by atoms with Crippen molar-refractivity contribution in [2.75, 3.05) is 6.54 Å². The highest BCUT2D eigenvalue weighted by atomic mass is 16.1. The van der Waals surface area contributed by atoms with E-state index in [-0.39, 0.29) is 11.9 Å². The number of rotatable bonds is 6. The highest BCUT2D eigenvalue weighted by Gasteiger charge is 2.05. The van der Waals surface area contributed by atoms with E-state index >= 15 is 0 Å². The number of amides is 1. The molecule has 1 rings (SSSR count). The normalized spacial score (nSPS) is 12.7. The van der Waals surface area contributed by atoms with Crippen molar-refractivity contribution in [3.8, 4) is 0 Å². The van der Waals surface area contributed by atoms with Gasteiger partial charge >= 0.3 is 0 Å². The van der Waals surface area contributed by atoms with Crippen molar-refractivity contribution >= 4 is 5.91 Å². The first-order valence-corrected chi connectivity index (χ1v) is 5.07. The quantitative estimate of drug-likeness (QED) is 0.684. The van der Waals surface area contributed by atoms with Gasteiger partial charge in [-0.1, -0.05) is 0 Å². The second-order valence-electron chi connectivity index (χ2n) is 3.73. The molecule has 0 aromatic carbocycles. The molecule has 1 aromatic rings. The minimum Gasteiger partial charge on any atom is -0.370 e. The van der Waals surface area contributed by atoms with E-state index in [4.69, 9.17) is 5.73 Å². The number of carbonyl (C=O) groups excluding carboxylic acids is 1. The molecule has 0 spiro atoms. The summed E-state index contributed by atoms with van der Waals surface area (Å²) in [4.78, 5) is 14.8. The molecule has 1 aromatic heterocycles. The average Bonchev–Trinajstić information content (AvgIpc) is 2.50. The Morgan fingerprint density at radius 1 is 1.73 bits per heavy atom. The van der Waals surface area contributed by atoms with Gasteiger partial charge < -0.3 is 15.6 Å². The van der Waals surface area contributed by atoms with Crippen LogP contribution in [-0.2, 0) is 18.3 Å². The maximum Gasteiger partial charge on any atom is 0.218 e.